The van der Waals surface area contributed by atoms with E-state index < -0.39 is 32.6 Å². The normalized spacial score (nSPS) is 12.2. The van der Waals surface area contributed by atoms with Gasteiger partial charge in [-0.3, -0.25) is 0 Å². The summed E-state index contributed by atoms with van der Waals surface area (Å²) in [5, 5.41) is 4.65. The van der Waals surface area contributed by atoms with Crippen LogP contribution in [-0.4, -0.2) is 27.6 Å². The molecule has 4 rings (SSSR count). The van der Waals surface area contributed by atoms with Crippen LogP contribution in [0.3, 0.4) is 0 Å². The van der Waals surface area contributed by atoms with Crippen molar-refractivity contribution in [3.8, 4) is 11.5 Å². The fourth-order valence-corrected chi connectivity index (χ4v) is 6.45. The highest BCUT2D eigenvalue weighted by Gasteiger charge is 2.32. The van der Waals surface area contributed by atoms with Crippen LogP contribution in [0, 0.1) is 11.6 Å². The van der Waals surface area contributed by atoms with E-state index in [2.05, 4.69) is 10.3 Å². The van der Waals surface area contributed by atoms with E-state index in [1.54, 1.807) is 48.7 Å². The van der Waals surface area contributed by atoms with Gasteiger partial charge in [-0.05, 0) is 37.3 Å². The lowest BCUT2D eigenvalue weighted by molar-refractivity contribution is 0.391. The number of sulfonamides is 1. The second-order valence-electron chi connectivity index (χ2n) is 8.15. The number of ether oxygens (including phenoxy) is 2. The summed E-state index contributed by atoms with van der Waals surface area (Å²) in [6.45, 7) is 1.49. The van der Waals surface area contributed by atoms with Crippen molar-refractivity contribution < 1.29 is 26.7 Å². The molecule has 0 spiro atoms. The lowest BCUT2D eigenvalue weighted by Crippen LogP contribution is -2.31. The second-order valence-corrected chi connectivity index (χ2v) is 11.3. The van der Waals surface area contributed by atoms with Gasteiger partial charge in [-0.2, -0.15) is 0 Å². The molecule has 7 nitrogen and oxygen atoms in total. The van der Waals surface area contributed by atoms with Gasteiger partial charge < -0.3 is 14.8 Å². The first-order chi connectivity index (χ1) is 18.1. The number of nitrogens with zero attached hydrogens (tertiary/aromatic N) is 2. The van der Waals surface area contributed by atoms with E-state index in [0.29, 0.717) is 22.6 Å². The van der Waals surface area contributed by atoms with E-state index in [1.165, 1.54) is 26.5 Å². The molecule has 0 unspecified atom stereocenters. The van der Waals surface area contributed by atoms with E-state index >= 15 is 4.39 Å². The minimum atomic E-state index is -4.47. The van der Waals surface area contributed by atoms with Crippen molar-refractivity contribution in [3.05, 3.63) is 94.0 Å². The predicted molar refractivity (Wildman–Crippen MR) is 145 cm³/mol. The van der Waals surface area contributed by atoms with Gasteiger partial charge >= 0.3 is 0 Å². The van der Waals surface area contributed by atoms with Crippen molar-refractivity contribution in [1.29, 1.82) is 0 Å². The Balaban J connectivity index is 1.70. The summed E-state index contributed by atoms with van der Waals surface area (Å²) in [7, 11) is -1.52. The number of hydrogen-bond donors (Lipinski definition) is 1. The summed E-state index contributed by atoms with van der Waals surface area (Å²) in [6, 6.07) is 12.6. The third-order valence-corrected chi connectivity index (χ3v) is 8.75. The Hall–Kier alpha value is -3.41. The zero-order valence-corrected chi connectivity index (χ0v) is 23.0. The van der Waals surface area contributed by atoms with Crippen LogP contribution in [0.5, 0.6) is 11.5 Å². The van der Waals surface area contributed by atoms with E-state index in [4.69, 9.17) is 21.1 Å². The monoisotopic (exact) mass is 579 g/mol. The maximum absolute atomic E-state index is 15.4. The molecule has 0 amide bonds. The van der Waals surface area contributed by atoms with Crippen LogP contribution in [0.2, 0.25) is 5.02 Å². The third-order valence-electron chi connectivity index (χ3n) is 5.77. The molecule has 12 heteroatoms. The number of thiazole rings is 1. The molecule has 0 saturated heterocycles. The average Bonchev–Trinajstić information content (AvgIpc) is 3.43. The molecular formula is C26H24ClF2N3O4S2. The van der Waals surface area contributed by atoms with Gasteiger partial charge in [-0.1, -0.05) is 29.8 Å². The van der Waals surface area contributed by atoms with Crippen LogP contribution in [0.25, 0.3) is 0 Å². The highest BCUT2D eigenvalue weighted by atomic mass is 35.5. The number of nitrogens with one attached hydrogen (secondary N) is 1. The number of benzene rings is 3. The smallest absolute Gasteiger partial charge is 0.269 e. The van der Waals surface area contributed by atoms with Crippen molar-refractivity contribution in [2.75, 3.05) is 23.8 Å². The zero-order chi connectivity index (χ0) is 27.4. The standard InChI is InChI=1S/C26H24ClF2N3O4S2/c1-16(19-6-4-5-7-21(19)28)31-23-14-22(29)25(13-20(23)27)38(33,34)32(26-30-10-11-37-26)15-17-8-9-18(35-2)12-24(17)36-3/h4-14,16,31H,15H2,1-3H3/t16-/m0/s1. The van der Waals surface area contributed by atoms with Crippen LogP contribution in [0.1, 0.15) is 24.1 Å². The number of rotatable bonds is 10. The Bertz CT molecular complexity index is 1540. The summed E-state index contributed by atoms with van der Waals surface area (Å²) >= 11 is 7.48. The fourth-order valence-electron chi connectivity index (χ4n) is 3.82. The van der Waals surface area contributed by atoms with Crippen LogP contribution >= 0.6 is 22.9 Å². The molecule has 0 bridgehead atoms. The van der Waals surface area contributed by atoms with Gasteiger partial charge in [0.25, 0.3) is 10.0 Å². The van der Waals surface area contributed by atoms with Gasteiger partial charge in [0, 0.05) is 28.8 Å². The van der Waals surface area contributed by atoms with Gasteiger partial charge in [0.05, 0.1) is 37.5 Å². The fraction of sp³-hybridized carbons (Fsp3) is 0.192. The molecule has 0 aliphatic heterocycles. The van der Waals surface area contributed by atoms with Crippen molar-refractivity contribution in [1.82, 2.24) is 4.98 Å². The first-order valence-corrected chi connectivity index (χ1v) is 14.0. The predicted octanol–water partition coefficient (Wildman–Crippen LogP) is 6.66. The molecular weight excluding hydrogens is 556 g/mol. The largest absolute Gasteiger partial charge is 0.497 e. The molecule has 0 fully saturated rings. The molecule has 0 aliphatic carbocycles. The zero-order valence-electron chi connectivity index (χ0n) is 20.6. The van der Waals surface area contributed by atoms with Gasteiger partial charge in [0.15, 0.2) is 5.13 Å². The number of halogens is 3. The molecule has 0 radical (unpaired) electrons. The maximum Gasteiger partial charge on any atom is 0.269 e. The summed E-state index contributed by atoms with van der Waals surface area (Å²) in [5.74, 6) is -0.543. The topological polar surface area (TPSA) is 80.8 Å². The van der Waals surface area contributed by atoms with Crippen molar-refractivity contribution >= 4 is 43.8 Å². The number of hydrogen-bond acceptors (Lipinski definition) is 7. The summed E-state index contributed by atoms with van der Waals surface area (Å²) in [5.41, 5.74) is 0.983. The van der Waals surface area contributed by atoms with Crippen LogP contribution in [0.15, 0.2) is 71.1 Å². The third kappa shape index (κ3) is 5.69. The first-order valence-electron chi connectivity index (χ1n) is 11.3. The first kappa shape index (κ1) is 27.6. The molecule has 38 heavy (non-hydrogen) atoms. The molecule has 4 aromatic rings. The quantitative estimate of drug-likeness (QED) is 0.226. The summed E-state index contributed by atoms with van der Waals surface area (Å²) in [6.07, 6.45) is 1.45. The maximum atomic E-state index is 15.4. The number of methoxy groups -OCH3 is 2. The van der Waals surface area contributed by atoms with Gasteiger partial charge in [-0.15, -0.1) is 11.3 Å². The molecule has 1 aromatic heterocycles. The van der Waals surface area contributed by atoms with Gasteiger partial charge in [0.2, 0.25) is 0 Å². The minimum Gasteiger partial charge on any atom is -0.497 e. The Morgan fingerprint density at radius 1 is 1.08 bits per heavy atom. The second kappa shape index (κ2) is 11.5. The Labute approximate surface area is 228 Å². The van der Waals surface area contributed by atoms with Gasteiger partial charge in [0.1, 0.15) is 28.0 Å². The molecule has 0 aliphatic rings. The van der Waals surface area contributed by atoms with Crippen molar-refractivity contribution in [3.63, 3.8) is 0 Å². The Kier molecular flexibility index (Phi) is 8.39. The van der Waals surface area contributed by atoms with Crippen molar-refractivity contribution in [2.45, 2.75) is 24.4 Å². The molecule has 1 heterocycles. The minimum absolute atomic E-state index is 0.0470. The van der Waals surface area contributed by atoms with Crippen LogP contribution in [-0.2, 0) is 16.6 Å². The van der Waals surface area contributed by atoms with E-state index in [9.17, 15) is 12.8 Å². The van der Waals surface area contributed by atoms with Gasteiger partial charge in [-0.25, -0.2) is 26.5 Å². The average molecular weight is 580 g/mol. The van der Waals surface area contributed by atoms with Crippen molar-refractivity contribution in [2.24, 2.45) is 0 Å². The van der Waals surface area contributed by atoms with E-state index in [0.717, 1.165) is 27.8 Å². The molecule has 3 aromatic carbocycles. The lowest BCUT2D eigenvalue weighted by atomic mass is 10.1. The molecule has 1 atom stereocenters. The molecule has 1 N–H and O–H groups in total. The SMILES string of the molecule is COc1ccc(CN(c2nccs2)S(=O)(=O)c2cc(Cl)c(N[C@@H](C)c3ccccc3F)cc2F)c(OC)c1. The Morgan fingerprint density at radius 3 is 2.50 bits per heavy atom. The number of aromatic nitrogens is 1. The Morgan fingerprint density at radius 2 is 1.84 bits per heavy atom. The lowest BCUT2D eigenvalue weighted by Gasteiger charge is -2.24. The number of anilines is 2. The molecule has 200 valence electrons. The highest BCUT2D eigenvalue weighted by Crippen LogP contribution is 2.36. The summed E-state index contributed by atoms with van der Waals surface area (Å²) in [4.78, 5) is 3.51. The van der Waals surface area contributed by atoms with Crippen LogP contribution in [0.4, 0.5) is 19.6 Å². The van der Waals surface area contributed by atoms with E-state index in [1.807, 2.05) is 0 Å². The van der Waals surface area contributed by atoms with Crippen LogP contribution < -0.4 is 19.1 Å². The highest BCUT2D eigenvalue weighted by molar-refractivity contribution is 7.93. The van der Waals surface area contributed by atoms with E-state index in [-0.39, 0.29) is 22.4 Å². The molecule has 0 saturated carbocycles. The summed E-state index contributed by atoms with van der Waals surface area (Å²) < 4.78 is 68.8.